The average Bonchev–Trinajstić information content (AvgIpc) is 2.45. The molecule has 0 aliphatic heterocycles. The molecule has 0 unspecified atom stereocenters. The summed E-state index contributed by atoms with van der Waals surface area (Å²) in [4.78, 5) is 16.3. The Labute approximate surface area is 115 Å². The van der Waals surface area contributed by atoms with Crippen molar-refractivity contribution >= 4 is 11.0 Å². The van der Waals surface area contributed by atoms with E-state index in [0.717, 1.165) is 11.3 Å². The van der Waals surface area contributed by atoms with Crippen LogP contribution >= 0.6 is 0 Å². The maximum atomic E-state index is 13.0. The maximum Gasteiger partial charge on any atom is 0.191 e. The number of nitrogens with zero attached hydrogens (tertiary/aromatic N) is 2. The zero-order valence-corrected chi connectivity index (χ0v) is 11.0. The number of pyridine rings is 2. The standard InChI is InChI=1S/C16H13FN2O/c1-11-9-15(20)14-3-2-8-18-16(14)19(11)10-12-4-6-13(17)7-5-12/h2-9H,10H2,1H3. The van der Waals surface area contributed by atoms with Gasteiger partial charge in [0.05, 0.1) is 5.39 Å². The lowest BCUT2D eigenvalue weighted by Gasteiger charge is -2.13. The fraction of sp³-hybridized carbons (Fsp3) is 0.125. The van der Waals surface area contributed by atoms with E-state index in [-0.39, 0.29) is 11.2 Å². The zero-order valence-electron chi connectivity index (χ0n) is 11.0. The quantitative estimate of drug-likeness (QED) is 0.716. The van der Waals surface area contributed by atoms with Crippen molar-refractivity contribution in [3.05, 3.63) is 76.0 Å². The van der Waals surface area contributed by atoms with Crippen molar-refractivity contribution in [2.45, 2.75) is 13.5 Å². The largest absolute Gasteiger partial charge is 0.325 e. The maximum absolute atomic E-state index is 13.0. The van der Waals surface area contributed by atoms with Crippen LogP contribution in [0.2, 0.25) is 0 Å². The number of benzene rings is 1. The molecule has 0 radical (unpaired) electrons. The van der Waals surface area contributed by atoms with Crippen LogP contribution in [0.25, 0.3) is 11.0 Å². The molecule has 20 heavy (non-hydrogen) atoms. The van der Waals surface area contributed by atoms with E-state index < -0.39 is 0 Å². The molecule has 0 fully saturated rings. The van der Waals surface area contributed by atoms with Crippen LogP contribution in [0.5, 0.6) is 0 Å². The smallest absolute Gasteiger partial charge is 0.191 e. The van der Waals surface area contributed by atoms with Gasteiger partial charge in [-0.2, -0.15) is 0 Å². The van der Waals surface area contributed by atoms with Gasteiger partial charge in [-0.1, -0.05) is 12.1 Å². The monoisotopic (exact) mass is 268 g/mol. The molecule has 3 aromatic rings. The van der Waals surface area contributed by atoms with Crippen molar-refractivity contribution in [3.8, 4) is 0 Å². The molecule has 2 heterocycles. The Morgan fingerprint density at radius 3 is 2.70 bits per heavy atom. The highest BCUT2D eigenvalue weighted by Crippen LogP contribution is 2.13. The molecule has 0 amide bonds. The highest BCUT2D eigenvalue weighted by Gasteiger charge is 2.07. The minimum Gasteiger partial charge on any atom is -0.325 e. The van der Waals surface area contributed by atoms with E-state index in [1.807, 2.05) is 11.5 Å². The Morgan fingerprint density at radius 2 is 1.95 bits per heavy atom. The van der Waals surface area contributed by atoms with E-state index >= 15 is 0 Å². The fourth-order valence-electron chi connectivity index (χ4n) is 2.29. The second-order valence-corrected chi connectivity index (χ2v) is 4.74. The minimum atomic E-state index is -0.256. The minimum absolute atomic E-state index is 0.0269. The molecule has 0 bridgehead atoms. The molecule has 0 atom stereocenters. The molecule has 3 rings (SSSR count). The van der Waals surface area contributed by atoms with Gasteiger partial charge in [-0.25, -0.2) is 9.37 Å². The SMILES string of the molecule is Cc1cc(=O)c2cccnc2n1Cc1ccc(F)cc1. The van der Waals surface area contributed by atoms with Crippen LogP contribution in [-0.2, 0) is 6.54 Å². The van der Waals surface area contributed by atoms with Gasteiger partial charge in [0.15, 0.2) is 5.43 Å². The van der Waals surface area contributed by atoms with Crippen molar-refractivity contribution in [1.29, 1.82) is 0 Å². The summed E-state index contributed by atoms with van der Waals surface area (Å²) >= 11 is 0. The first kappa shape index (κ1) is 12.5. The van der Waals surface area contributed by atoms with Gasteiger partial charge in [-0.15, -0.1) is 0 Å². The van der Waals surface area contributed by atoms with E-state index in [1.165, 1.54) is 12.1 Å². The van der Waals surface area contributed by atoms with Crippen LogP contribution in [0.15, 0.2) is 53.5 Å². The predicted molar refractivity (Wildman–Crippen MR) is 76.2 cm³/mol. The summed E-state index contributed by atoms with van der Waals surface area (Å²) in [5.74, 6) is -0.256. The summed E-state index contributed by atoms with van der Waals surface area (Å²) in [6.07, 6.45) is 1.67. The summed E-state index contributed by atoms with van der Waals surface area (Å²) in [6.45, 7) is 2.43. The molecular formula is C16H13FN2O. The van der Waals surface area contributed by atoms with Crippen molar-refractivity contribution < 1.29 is 4.39 Å². The number of hydrogen-bond donors (Lipinski definition) is 0. The molecule has 3 nitrogen and oxygen atoms in total. The molecule has 0 saturated carbocycles. The number of hydrogen-bond acceptors (Lipinski definition) is 2. The number of aromatic nitrogens is 2. The van der Waals surface area contributed by atoms with Gasteiger partial charge in [-0.05, 0) is 36.8 Å². The van der Waals surface area contributed by atoms with Crippen molar-refractivity contribution in [3.63, 3.8) is 0 Å². The Bertz CT molecular complexity index is 822. The zero-order chi connectivity index (χ0) is 14.1. The molecule has 0 aliphatic carbocycles. The third kappa shape index (κ3) is 2.20. The third-order valence-corrected chi connectivity index (χ3v) is 3.33. The summed E-state index contributed by atoms with van der Waals surface area (Å²) in [7, 11) is 0. The van der Waals surface area contributed by atoms with Gasteiger partial charge in [0.25, 0.3) is 0 Å². The molecule has 100 valence electrons. The Hall–Kier alpha value is -2.49. The summed E-state index contributed by atoms with van der Waals surface area (Å²) in [5.41, 5.74) is 2.43. The van der Waals surface area contributed by atoms with E-state index in [2.05, 4.69) is 4.98 Å². The van der Waals surface area contributed by atoms with Gasteiger partial charge in [0, 0.05) is 24.5 Å². The first-order valence-electron chi connectivity index (χ1n) is 6.35. The van der Waals surface area contributed by atoms with Gasteiger partial charge in [0.2, 0.25) is 0 Å². The van der Waals surface area contributed by atoms with Crippen molar-refractivity contribution in [2.75, 3.05) is 0 Å². The number of rotatable bonds is 2. The molecule has 0 aliphatic rings. The van der Waals surface area contributed by atoms with E-state index in [1.54, 1.807) is 36.5 Å². The Kier molecular flexibility index (Phi) is 3.06. The predicted octanol–water partition coefficient (Wildman–Crippen LogP) is 2.89. The molecule has 1 aromatic carbocycles. The topological polar surface area (TPSA) is 34.9 Å². The highest BCUT2D eigenvalue weighted by atomic mass is 19.1. The van der Waals surface area contributed by atoms with Crippen molar-refractivity contribution in [1.82, 2.24) is 9.55 Å². The second kappa shape index (κ2) is 4.89. The molecule has 0 saturated heterocycles. The number of aryl methyl sites for hydroxylation is 1. The van der Waals surface area contributed by atoms with E-state index in [4.69, 9.17) is 0 Å². The lowest BCUT2D eigenvalue weighted by molar-refractivity contribution is 0.626. The van der Waals surface area contributed by atoms with Gasteiger partial charge in [-0.3, -0.25) is 4.79 Å². The third-order valence-electron chi connectivity index (χ3n) is 3.33. The summed E-state index contributed by atoms with van der Waals surface area (Å²) < 4.78 is 14.9. The van der Waals surface area contributed by atoms with Crippen LogP contribution in [0.3, 0.4) is 0 Å². The molecule has 0 spiro atoms. The van der Waals surface area contributed by atoms with E-state index in [9.17, 15) is 9.18 Å². The van der Waals surface area contributed by atoms with Crippen LogP contribution < -0.4 is 5.43 Å². The van der Waals surface area contributed by atoms with Gasteiger partial charge < -0.3 is 4.57 Å². The molecule has 2 aromatic heterocycles. The van der Waals surface area contributed by atoms with Crippen LogP contribution in [0.4, 0.5) is 4.39 Å². The highest BCUT2D eigenvalue weighted by molar-refractivity contribution is 5.75. The fourth-order valence-corrected chi connectivity index (χ4v) is 2.29. The lowest BCUT2D eigenvalue weighted by atomic mass is 10.2. The molecule has 0 N–H and O–H groups in total. The molecular weight excluding hydrogens is 255 g/mol. The van der Waals surface area contributed by atoms with E-state index in [0.29, 0.717) is 17.6 Å². The summed E-state index contributed by atoms with van der Waals surface area (Å²) in [6, 6.07) is 11.5. The average molecular weight is 268 g/mol. The van der Waals surface area contributed by atoms with Gasteiger partial charge in [0.1, 0.15) is 11.5 Å². The normalized spacial score (nSPS) is 10.9. The first-order chi connectivity index (χ1) is 9.65. The Morgan fingerprint density at radius 1 is 1.20 bits per heavy atom. The first-order valence-corrected chi connectivity index (χ1v) is 6.35. The number of fused-ring (bicyclic) bond motifs is 1. The second-order valence-electron chi connectivity index (χ2n) is 4.74. The number of halogens is 1. The lowest BCUT2D eigenvalue weighted by Crippen LogP contribution is -2.13. The Balaban J connectivity index is 2.16. The van der Waals surface area contributed by atoms with Crippen LogP contribution in [0.1, 0.15) is 11.3 Å². The van der Waals surface area contributed by atoms with Crippen LogP contribution in [0, 0.1) is 12.7 Å². The van der Waals surface area contributed by atoms with Crippen LogP contribution in [-0.4, -0.2) is 9.55 Å². The van der Waals surface area contributed by atoms with Crippen molar-refractivity contribution in [2.24, 2.45) is 0 Å². The van der Waals surface area contributed by atoms with Gasteiger partial charge >= 0.3 is 0 Å². The molecule has 4 heteroatoms. The summed E-state index contributed by atoms with van der Waals surface area (Å²) in [5, 5.41) is 0.597.